The summed E-state index contributed by atoms with van der Waals surface area (Å²) in [6, 6.07) is 16.8. The highest BCUT2D eigenvalue weighted by atomic mass is 35.5. The van der Waals surface area contributed by atoms with Gasteiger partial charge in [-0.1, -0.05) is 48.8 Å². The van der Waals surface area contributed by atoms with Gasteiger partial charge in [-0.05, 0) is 61.4 Å². The Hall–Kier alpha value is -2.53. The zero-order valence-electron chi connectivity index (χ0n) is 17.3. The molecule has 0 aliphatic carbocycles. The average Bonchev–Trinajstić information content (AvgIpc) is 3.17. The Labute approximate surface area is 195 Å². The zero-order valence-corrected chi connectivity index (χ0v) is 19.6. The number of aromatic nitrogens is 3. The molecule has 1 N–H and O–H groups in total. The van der Waals surface area contributed by atoms with Crippen LogP contribution in [0.2, 0.25) is 10.0 Å². The summed E-state index contributed by atoms with van der Waals surface area (Å²) in [5.74, 6) is 0.434. The number of carbonyl (C=O) groups is 1. The van der Waals surface area contributed by atoms with Gasteiger partial charge in [0.15, 0.2) is 11.0 Å². The molecule has 1 heterocycles. The molecule has 0 bridgehead atoms. The Morgan fingerprint density at radius 1 is 1.13 bits per heavy atom. The van der Waals surface area contributed by atoms with Crippen LogP contribution in [0.1, 0.15) is 20.8 Å². The van der Waals surface area contributed by atoms with Crippen molar-refractivity contribution < 1.29 is 4.79 Å². The van der Waals surface area contributed by atoms with Crippen molar-refractivity contribution in [1.29, 1.82) is 5.26 Å². The maximum atomic E-state index is 12.5. The molecule has 160 valence electrons. The minimum absolute atomic E-state index is 0.0272. The summed E-state index contributed by atoms with van der Waals surface area (Å²) in [4.78, 5) is 12.5. The first kappa shape index (κ1) is 23.1. The summed E-state index contributed by atoms with van der Waals surface area (Å²) < 4.78 is 1.86. The number of nitriles is 1. The lowest BCUT2D eigenvalue weighted by Gasteiger charge is -2.27. The molecule has 3 rings (SSSR count). The van der Waals surface area contributed by atoms with Gasteiger partial charge in [0.1, 0.15) is 5.54 Å². The molecule has 0 saturated carbocycles. The fourth-order valence-electron chi connectivity index (χ4n) is 2.73. The van der Waals surface area contributed by atoms with Crippen LogP contribution in [0, 0.1) is 17.2 Å². The van der Waals surface area contributed by atoms with Crippen molar-refractivity contribution >= 4 is 40.9 Å². The molecule has 1 aromatic heterocycles. The molecule has 9 heteroatoms. The maximum Gasteiger partial charge on any atom is 0.231 e. The van der Waals surface area contributed by atoms with E-state index in [0.717, 1.165) is 11.3 Å². The lowest BCUT2D eigenvalue weighted by molar-refractivity contribution is -0.120. The number of hydrogen-bond donors (Lipinski definition) is 1. The second kappa shape index (κ2) is 9.73. The Bertz CT molecular complexity index is 1110. The molecule has 2 aromatic carbocycles. The van der Waals surface area contributed by atoms with E-state index in [1.165, 1.54) is 11.8 Å². The largest absolute Gasteiger partial charge is 0.337 e. The van der Waals surface area contributed by atoms with Crippen molar-refractivity contribution in [3.63, 3.8) is 0 Å². The summed E-state index contributed by atoms with van der Waals surface area (Å²) in [5, 5.41) is 22.7. The van der Waals surface area contributed by atoms with E-state index in [4.69, 9.17) is 23.2 Å². The van der Waals surface area contributed by atoms with Crippen molar-refractivity contribution in [2.75, 3.05) is 5.75 Å². The first-order valence-electron chi connectivity index (χ1n) is 9.56. The Morgan fingerprint density at radius 2 is 1.71 bits per heavy atom. The first-order valence-corrected chi connectivity index (χ1v) is 11.3. The van der Waals surface area contributed by atoms with Gasteiger partial charge < -0.3 is 5.32 Å². The number of halogens is 2. The van der Waals surface area contributed by atoms with Crippen LogP contribution < -0.4 is 5.32 Å². The van der Waals surface area contributed by atoms with Crippen molar-refractivity contribution in [1.82, 2.24) is 20.1 Å². The number of hydrogen-bond acceptors (Lipinski definition) is 5. The molecule has 0 aliphatic heterocycles. The summed E-state index contributed by atoms with van der Waals surface area (Å²) in [6.45, 7) is 5.51. The molecular weight excluding hydrogens is 453 g/mol. The van der Waals surface area contributed by atoms with Gasteiger partial charge in [-0.15, -0.1) is 10.2 Å². The second-order valence-electron chi connectivity index (χ2n) is 7.43. The lowest BCUT2D eigenvalue weighted by atomic mass is 9.90. The Balaban J connectivity index is 1.90. The highest BCUT2D eigenvalue weighted by Crippen LogP contribution is 2.29. The molecule has 0 unspecified atom stereocenters. The van der Waals surface area contributed by atoms with E-state index in [1.807, 2.05) is 42.7 Å². The van der Waals surface area contributed by atoms with E-state index in [1.54, 1.807) is 31.2 Å². The number of nitrogens with one attached hydrogen (secondary N) is 1. The molecule has 0 aliphatic rings. The van der Waals surface area contributed by atoms with Gasteiger partial charge in [-0.2, -0.15) is 5.26 Å². The minimum atomic E-state index is -0.935. The van der Waals surface area contributed by atoms with Crippen molar-refractivity contribution in [3.05, 3.63) is 58.6 Å². The van der Waals surface area contributed by atoms with Crippen molar-refractivity contribution in [2.24, 2.45) is 5.92 Å². The van der Waals surface area contributed by atoms with Gasteiger partial charge in [0.2, 0.25) is 5.91 Å². The summed E-state index contributed by atoms with van der Waals surface area (Å²) in [6.07, 6.45) is 0. The van der Waals surface area contributed by atoms with Gasteiger partial charge in [0, 0.05) is 21.3 Å². The quantitative estimate of drug-likeness (QED) is 0.465. The zero-order chi connectivity index (χ0) is 22.6. The average molecular weight is 474 g/mol. The standard InChI is InChI=1S/C22H21Cl2N5OS/c1-14(2)22(3,13-25)26-19(30)12-31-21-28-27-20(15-4-6-16(23)7-5-15)29(21)18-10-8-17(24)9-11-18/h4-11,14H,12H2,1-3H3,(H,26,30)/t22-/m1/s1. The van der Waals surface area contributed by atoms with Gasteiger partial charge in [-0.3, -0.25) is 9.36 Å². The third kappa shape index (κ3) is 5.40. The molecule has 0 saturated heterocycles. The van der Waals surface area contributed by atoms with Crippen LogP contribution in [0.3, 0.4) is 0 Å². The molecule has 1 amide bonds. The van der Waals surface area contributed by atoms with E-state index < -0.39 is 5.54 Å². The van der Waals surface area contributed by atoms with Crippen molar-refractivity contribution in [2.45, 2.75) is 31.5 Å². The summed E-state index contributed by atoms with van der Waals surface area (Å²) in [5.41, 5.74) is 0.710. The fraction of sp³-hybridized carbons (Fsp3) is 0.273. The van der Waals surface area contributed by atoms with Crippen LogP contribution in [0.25, 0.3) is 17.1 Å². The monoisotopic (exact) mass is 473 g/mol. The smallest absolute Gasteiger partial charge is 0.231 e. The highest BCUT2D eigenvalue weighted by molar-refractivity contribution is 7.99. The topological polar surface area (TPSA) is 83.6 Å². The molecule has 1 atom stereocenters. The minimum Gasteiger partial charge on any atom is -0.337 e. The number of nitrogens with zero attached hydrogens (tertiary/aromatic N) is 4. The fourth-order valence-corrected chi connectivity index (χ4v) is 3.73. The number of thioether (sulfide) groups is 1. The predicted molar refractivity (Wildman–Crippen MR) is 125 cm³/mol. The number of rotatable bonds is 7. The number of benzene rings is 2. The molecule has 6 nitrogen and oxygen atoms in total. The maximum absolute atomic E-state index is 12.5. The third-order valence-corrected chi connectivity index (χ3v) is 6.37. The lowest BCUT2D eigenvalue weighted by Crippen LogP contribution is -2.49. The number of amides is 1. The predicted octanol–water partition coefficient (Wildman–Crippen LogP) is 5.39. The van der Waals surface area contributed by atoms with Gasteiger partial charge >= 0.3 is 0 Å². The van der Waals surface area contributed by atoms with Crippen LogP contribution in [0.5, 0.6) is 0 Å². The molecule has 3 aromatic rings. The van der Waals surface area contributed by atoms with Gasteiger partial charge in [-0.25, -0.2) is 0 Å². The normalized spacial score (nSPS) is 12.9. The van der Waals surface area contributed by atoms with E-state index in [9.17, 15) is 10.1 Å². The van der Waals surface area contributed by atoms with E-state index in [-0.39, 0.29) is 17.6 Å². The van der Waals surface area contributed by atoms with Crippen LogP contribution >= 0.6 is 35.0 Å². The third-order valence-electron chi connectivity index (χ3n) is 4.94. The van der Waals surface area contributed by atoms with Crippen LogP contribution in [0.4, 0.5) is 0 Å². The van der Waals surface area contributed by atoms with Crippen molar-refractivity contribution in [3.8, 4) is 23.1 Å². The highest BCUT2D eigenvalue weighted by Gasteiger charge is 2.30. The van der Waals surface area contributed by atoms with E-state index >= 15 is 0 Å². The van der Waals surface area contributed by atoms with E-state index in [0.29, 0.717) is 21.0 Å². The Kier molecular flexibility index (Phi) is 7.26. The number of carbonyl (C=O) groups excluding carboxylic acids is 1. The van der Waals surface area contributed by atoms with Crippen LogP contribution in [0.15, 0.2) is 53.7 Å². The Morgan fingerprint density at radius 3 is 2.26 bits per heavy atom. The van der Waals surface area contributed by atoms with Gasteiger partial charge in [0.05, 0.1) is 11.8 Å². The summed E-state index contributed by atoms with van der Waals surface area (Å²) >= 11 is 13.3. The molecule has 0 radical (unpaired) electrons. The molecule has 0 spiro atoms. The SMILES string of the molecule is CC(C)[C@@](C)(C#N)NC(=O)CSc1nnc(-c2ccc(Cl)cc2)n1-c1ccc(Cl)cc1. The van der Waals surface area contributed by atoms with Gasteiger partial charge in [0.25, 0.3) is 0 Å². The molecule has 0 fully saturated rings. The summed E-state index contributed by atoms with van der Waals surface area (Å²) in [7, 11) is 0. The first-order chi connectivity index (χ1) is 14.7. The van der Waals surface area contributed by atoms with E-state index in [2.05, 4.69) is 21.6 Å². The molecule has 31 heavy (non-hydrogen) atoms. The second-order valence-corrected chi connectivity index (χ2v) is 9.25. The van der Waals surface area contributed by atoms with Crippen LogP contribution in [-0.4, -0.2) is 32.0 Å². The van der Waals surface area contributed by atoms with Crippen LogP contribution in [-0.2, 0) is 4.79 Å². The molecular formula is C22H21Cl2N5OS.